The fourth-order valence-electron chi connectivity index (χ4n) is 3.41. The summed E-state index contributed by atoms with van der Waals surface area (Å²) in [5, 5.41) is 2.83. The summed E-state index contributed by atoms with van der Waals surface area (Å²) < 4.78 is 35.0. The molecule has 2 amide bonds. The molecular weight excluding hydrogens is 382 g/mol. The van der Waals surface area contributed by atoms with Crippen molar-refractivity contribution in [3.05, 3.63) is 18.3 Å². The molecule has 0 radical (unpaired) electrons. The molecule has 0 aliphatic carbocycles. The minimum absolute atomic E-state index is 0.00731. The minimum Gasteiger partial charge on any atom is -0.477 e. The molecule has 8 nitrogen and oxygen atoms in total. The third-order valence-corrected chi connectivity index (χ3v) is 6.64. The number of pyridine rings is 1. The fraction of sp³-hybridized carbons (Fsp3) is 0.684. The van der Waals surface area contributed by atoms with Gasteiger partial charge in [0.25, 0.3) is 0 Å². The van der Waals surface area contributed by atoms with Crippen molar-refractivity contribution in [2.75, 3.05) is 36.6 Å². The van der Waals surface area contributed by atoms with E-state index in [-0.39, 0.29) is 29.7 Å². The van der Waals surface area contributed by atoms with E-state index < -0.39 is 9.84 Å². The maximum Gasteiger partial charge on any atom is 0.322 e. The van der Waals surface area contributed by atoms with Crippen LogP contribution in [0.3, 0.4) is 0 Å². The lowest BCUT2D eigenvalue weighted by atomic mass is 10.2. The van der Waals surface area contributed by atoms with Gasteiger partial charge in [0, 0.05) is 25.3 Å². The molecule has 9 heteroatoms. The number of carbonyl (C=O) groups is 1. The zero-order valence-electron chi connectivity index (χ0n) is 16.5. The first-order chi connectivity index (χ1) is 13.3. The number of carbonyl (C=O) groups excluding carboxylic acids is 1. The average molecular weight is 412 g/mol. The molecule has 2 aliphatic heterocycles. The Hall–Kier alpha value is -1.87. The minimum atomic E-state index is -3.09. The van der Waals surface area contributed by atoms with E-state index in [1.54, 1.807) is 23.2 Å². The summed E-state index contributed by atoms with van der Waals surface area (Å²) in [6.45, 7) is 5.77. The monoisotopic (exact) mass is 411 g/mol. The molecule has 0 spiro atoms. The highest BCUT2D eigenvalue weighted by molar-refractivity contribution is 7.91. The maximum absolute atomic E-state index is 12.9. The van der Waals surface area contributed by atoms with Crippen molar-refractivity contribution in [2.24, 2.45) is 5.92 Å². The van der Waals surface area contributed by atoms with E-state index in [1.807, 2.05) is 0 Å². The van der Waals surface area contributed by atoms with Gasteiger partial charge in [-0.1, -0.05) is 13.8 Å². The Morgan fingerprint density at radius 2 is 2.21 bits per heavy atom. The van der Waals surface area contributed by atoms with Crippen molar-refractivity contribution < 1.29 is 22.7 Å². The van der Waals surface area contributed by atoms with Crippen LogP contribution in [0.4, 0.5) is 10.5 Å². The van der Waals surface area contributed by atoms with Crippen LogP contribution < -0.4 is 10.1 Å². The normalized spacial score (nSPS) is 23.7. The zero-order chi connectivity index (χ0) is 20.1. The highest BCUT2D eigenvalue weighted by atomic mass is 32.2. The lowest BCUT2D eigenvalue weighted by Crippen LogP contribution is -2.47. The van der Waals surface area contributed by atoms with Crippen LogP contribution in [-0.4, -0.2) is 67.7 Å². The highest BCUT2D eigenvalue weighted by Crippen LogP contribution is 2.22. The number of anilines is 1. The van der Waals surface area contributed by atoms with Crippen LogP contribution in [0.1, 0.15) is 33.1 Å². The van der Waals surface area contributed by atoms with E-state index in [0.29, 0.717) is 43.7 Å². The molecule has 2 fully saturated rings. The number of urea groups is 1. The van der Waals surface area contributed by atoms with E-state index in [1.165, 1.54) is 0 Å². The van der Waals surface area contributed by atoms with E-state index >= 15 is 0 Å². The topological polar surface area (TPSA) is 97.8 Å². The second kappa shape index (κ2) is 9.09. The van der Waals surface area contributed by atoms with E-state index in [9.17, 15) is 13.2 Å². The van der Waals surface area contributed by atoms with E-state index in [4.69, 9.17) is 9.47 Å². The van der Waals surface area contributed by atoms with E-state index in [0.717, 1.165) is 12.8 Å². The predicted octanol–water partition coefficient (Wildman–Crippen LogP) is 2.32. The van der Waals surface area contributed by atoms with Crippen molar-refractivity contribution in [3.63, 3.8) is 0 Å². The van der Waals surface area contributed by atoms with Crippen LogP contribution >= 0.6 is 0 Å². The average Bonchev–Trinajstić information content (AvgIpc) is 3.28. The van der Waals surface area contributed by atoms with Gasteiger partial charge in [0.2, 0.25) is 5.88 Å². The van der Waals surface area contributed by atoms with Gasteiger partial charge >= 0.3 is 6.03 Å². The quantitative estimate of drug-likeness (QED) is 0.739. The fourth-order valence-corrected chi connectivity index (χ4v) is 5.14. The number of sulfone groups is 1. The Kier molecular flexibility index (Phi) is 6.77. The van der Waals surface area contributed by atoms with Gasteiger partial charge in [0.05, 0.1) is 36.1 Å². The Bertz CT molecular complexity index is 760. The smallest absolute Gasteiger partial charge is 0.322 e. The third kappa shape index (κ3) is 5.81. The zero-order valence-corrected chi connectivity index (χ0v) is 17.3. The van der Waals surface area contributed by atoms with Crippen LogP contribution in [0.2, 0.25) is 0 Å². The first kappa shape index (κ1) is 20.9. The summed E-state index contributed by atoms with van der Waals surface area (Å²) >= 11 is 0. The van der Waals surface area contributed by atoms with Crippen molar-refractivity contribution in [1.29, 1.82) is 0 Å². The van der Waals surface area contributed by atoms with Gasteiger partial charge in [0.15, 0.2) is 9.84 Å². The van der Waals surface area contributed by atoms with Crippen molar-refractivity contribution >= 4 is 21.6 Å². The van der Waals surface area contributed by atoms with Gasteiger partial charge in [-0.15, -0.1) is 0 Å². The Labute approximate surface area is 166 Å². The second-order valence-corrected chi connectivity index (χ2v) is 10.1. The molecule has 2 aliphatic rings. The molecule has 2 saturated heterocycles. The molecule has 0 unspecified atom stereocenters. The molecule has 0 bridgehead atoms. The summed E-state index contributed by atoms with van der Waals surface area (Å²) in [6, 6.07) is 2.80. The van der Waals surface area contributed by atoms with Gasteiger partial charge < -0.3 is 19.7 Å². The molecule has 0 saturated carbocycles. The van der Waals surface area contributed by atoms with Crippen LogP contribution in [-0.2, 0) is 14.6 Å². The van der Waals surface area contributed by atoms with Gasteiger partial charge in [-0.25, -0.2) is 18.2 Å². The highest BCUT2D eigenvalue weighted by Gasteiger charge is 2.36. The standard InChI is InChI=1S/C19H29N3O5S/c1-14(2)12-27-18-6-5-15(10-20-18)21-19(23)22(11-17-4-3-8-26-17)16-7-9-28(24,25)13-16/h5-6,10,14,16-17H,3-4,7-9,11-13H2,1-2H3,(H,21,23)/t16-,17-/m1/s1. The molecule has 2 atom stereocenters. The Balaban J connectivity index is 1.64. The summed E-state index contributed by atoms with van der Waals surface area (Å²) in [5.74, 6) is 1.03. The Morgan fingerprint density at radius 1 is 1.39 bits per heavy atom. The predicted molar refractivity (Wildman–Crippen MR) is 106 cm³/mol. The second-order valence-electron chi connectivity index (χ2n) is 7.86. The van der Waals surface area contributed by atoms with Crippen LogP contribution in [0, 0.1) is 5.92 Å². The molecular formula is C19H29N3O5S. The SMILES string of the molecule is CC(C)COc1ccc(NC(=O)N(C[C@H]2CCCO2)[C@@H]2CCS(=O)(=O)C2)cn1. The number of hydrogen-bond acceptors (Lipinski definition) is 6. The number of rotatable bonds is 7. The lowest BCUT2D eigenvalue weighted by Gasteiger charge is -2.30. The molecule has 156 valence electrons. The number of amides is 2. The molecule has 28 heavy (non-hydrogen) atoms. The number of nitrogens with zero attached hydrogens (tertiary/aromatic N) is 2. The number of aromatic nitrogens is 1. The molecule has 0 aromatic carbocycles. The number of ether oxygens (including phenoxy) is 2. The molecule has 1 aromatic heterocycles. The lowest BCUT2D eigenvalue weighted by molar-refractivity contribution is 0.0751. The molecule has 1 N–H and O–H groups in total. The summed E-state index contributed by atoms with van der Waals surface area (Å²) in [7, 11) is -3.09. The van der Waals surface area contributed by atoms with Crippen molar-refractivity contribution in [1.82, 2.24) is 9.88 Å². The van der Waals surface area contributed by atoms with Crippen LogP contribution in [0.15, 0.2) is 18.3 Å². The van der Waals surface area contributed by atoms with Gasteiger partial charge in [0.1, 0.15) is 0 Å². The largest absolute Gasteiger partial charge is 0.477 e. The summed E-state index contributed by atoms with van der Waals surface area (Å²) in [6.07, 6.45) is 3.81. The van der Waals surface area contributed by atoms with Crippen molar-refractivity contribution in [2.45, 2.75) is 45.3 Å². The van der Waals surface area contributed by atoms with Crippen LogP contribution in [0.25, 0.3) is 0 Å². The number of hydrogen-bond donors (Lipinski definition) is 1. The summed E-state index contributed by atoms with van der Waals surface area (Å²) in [5.41, 5.74) is 0.542. The summed E-state index contributed by atoms with van der Waals surface area (Å²) in [4.78, 5) is 18.7. The Morgan fingerprint density at radius 3 is 2.79 bits per heavy atom. The molecule has 3 heterocycles. The van der Waals surface area contributed by atoms with Gasteiger partial charge in [-0.05, 0) is 31.2 Å². The van der Waals surface area contributed by atoms with Gasteiger partial charge in [-0.3, -0.25) is 0 Å². The van der Waals surface area contributed by atoms with E-state index in [2.05, 4.69) is 24.1 Å². The first-order valence-corrected chi connectivity index (χ1v) is 11.6. The number of nitrogens with one attached hydrogen (secondary N) is 1. The first-order valence-electron chi connectivity index (χ1n) is 9.81. The third-order valence-electron chi connectivity index (χ3n) is 4.89. The maximum atomic E-state index is 12.9. The molecule has 3 rings (SSSR count). The molecule has 1 aromatic rings. The van der Waals surface area contributed by atoms with Crippen LogP contribution in [0.5, 0.6) is 5.88 Å². The van der Waals surface area contributed by atoms with Crippen molar-refractivity contribution in [3.8, 4) is 5.88 Å². The van der Waals surface area contributed by atoms with Gasteiger partial charge in [-0.2, -0.15) is 0 Å².